The van der Waals surface area contributed by atoms with Crippen molar-refractivity contribution >= 4 is 6.29 Å². The van der Waals surface area contributed by atoms with Crippen molar-refractivity contribution in [2.45, 2.75) is 13.3 Å². The molecule has 1 rings (SSSR count). The summed E-state index contributed by atoms with van der Waals surface area (Å²) in [5.74, 6) is -0.589. The average molecular weight is 212 g/mol. The highest BCUT2D eigenvalue weighted by Crippen LogP contribution is 2.29. The number of rotatable bonds is 5. The highest BCUT2D eigenvalue weighted by Gasteiger charge is 2.14. The zero-order valence-electron chi connectivity index (χ0n) is 8.75. The summed E-state index contributed by atoms with van der Waals surface area (Å²) in [4.78, 5) is 10.6. The van der Waals surface area contributed by atoms with Crippen LogP contribution in [-0.2, 0) is 0 Å². The Morgan fingerprint density at radius 2 is 2.20 bits per heavy atom. The fraction of sp³-hybridized carbons (Fsp3) is 0.364. The van der Waals surface area contributed by atoms with Crippen molar-refractivity contribution in [1.29, 1.82) is 0 Å². The lowest BCUT2D eigenvalue weighted by Crippen LogP contribution is -2.01. The van der Waals surface area contributed by atoms with Gasteiger partial charge in [0.1, 0.15) is 0 Å². The molecule has 0 spiro atoms. The van der Waals surface area contributed by atoms with Crippen LogP contribution >= 0.6 is 0 Å². The summed E-state index contributed by atoms with van der Waals surface area (Å²) >= 11 is 0. The van der Waals surface area contributed by atoms with Gasteiger partial charge in [0.05, 0.1) is 19.3 Å². The van der Waals surface area contributed by atoms with Gasteiger partial charge in [0.25, 0.3) is 0 Å². The van der Waals surface area contributed by atoms with Crippen molar-refractivity contribution in [3.8, 4) is 11.5 Å². The van der Waals surface area contributed by atoms with Crippen LogP contribution in [0.15, 0.2) is 12.1 Å². The van der Waals surface area contributed by atoms with Gasteiger partial charge < -0.3 is 9.47 Å². The van der Waals surface area contributed by atoms with Crippen LogP contribution in [0.3, 0.4) is 0 Å². The van der Waals surface area contributed by atoms with Gasteiger partial charge in [-0.15, -0.1) is 0 Å². The molecule has 0 unspecified atom stereocenters. The standard InChI is InChI=1S/C11H13FO3/c1-3-6-15-9-5-4-8(7-13)11(14-2)10(9)12/h4-5,7H,3,6H2,1-2H3. The zero-order chi connectivity index (χ0) is 11.3. The lowest BCUT2D eigenvalue weighted by Gasteiger charge is -2.10. The van der Waals surface area contributed by atoms with E-state index in [0.29, 0.717) is 12.9 Å². The largest absolute Gasteiger partial charge is 0.493 e. The summed E-state index contributed by atoms with van der Waals surface area (Å²) in [5, 5.41) is 0. The normalized spacial score (nSPS) is 9.80. The van der Waals surface area contributed by atoms with E-state index in [-0.39, 0.29) is 17.1 Å². The summed E-state index contributed by atoms with van der Waals surface area (Å²) < 4.78 is 23.6. The van der Waals surface area contributed by atoms with E-state index in [1.807, 2.05) is 6.92 Å². The molecule has 0 N–H and O–H groups in total. The van der Waals surface area contributed by atoms with Gasteiger partial charge in [-0.3, -0.25) is 4.79 Å². The van der Waals surface area contributed by atoms with E-state index in [4.69, 9.17) is 9.47 Å². The van der Waals surface area contributed by atoms with E-state index in [0.717, 1.165) is 6.42 Å². The maximum absolute atomic E-state index is 13.6. The maximum atomic E-state index is 13.6. The first-order valence-corrected chi connectivity index (χ1v) is 4.69. The second-order valence-corrected chi connectivity index (χ2v) is 2.97. The van der Waals surface area contributed by atoms with Crippen LogP contribution in [0.1, 0.15) is 23.7 Å². The number of hydrogen-bond donors (Lipinski definition) is 0. The third-order valence-corrected chi connectivity index (χ3v) is 1.88. The van der Waals surface area contributed by atoms with Crippen LogP contribution in [-0.4, -0.2) is 20.0 Å². The van der Waals surface area contributed by atoms with Crippen LogP contribution in [0.25, 0.3) is 0 Å². The van der Waals surface area contributed by atoms with Gasteiger partial charge in [-0.1, -0.05) is 6.92 Å². The number of carbonyl (C=O) groups excluding carboxylic acids is 1. The highest BCUT2D eigenvalue weighted by molar-refractivity contribution is 5.80. The second kappa shape index (κ2) is 5.34. The number of ether oxygens (including phenoxy) is 2. The molecule has 0 aliphatic rings. The zero-order valence-corrected chi connectivity index (χ0v) is 8.75. The quantitative estimate of drug-likeness (QED) is 0.703. The summed E-state index contributed by atoms with van der Waals surface area (Å²) in [6.45, 7) is 2.36. The van der Waals surface area contributed by atoms with Gasteiger partial charge in [-0.2, -0.15) is 4.39 Å². The Balaban J connectivity index is 3.05. The molecular formula is C11H13FO3. The molecule has 82 valence electrons. The molecule has 4 heteroatoms. The number of aldehydes is 1. The summed E-state index contributed by atoms with van der Waals surface area (Å²) in [6.07, 6.45) is 1.34. The molecule has 0 amide bonds. The number of hydrogen-bond acceptors (Lipinski definition) is 3. The van der Waals surface area contributed by atoms with E-state index < -0.39 is 5.82 Å². The third kappa shape index (κ3) is 2.46. The van der Waals surface area contributed by atoms with E-state index in [1.54, 1.807) is 0 Å². The van der Waals surface area contributed by atoms with Crippen molar-refractivity contribution in [3.63, 3.8) is 0 Å². The van der Waals surface area contributed by atoms with Crippen molar-refractivity contribution < 1.29 is 18.7 Å². The van der Waals surface area contributed by atoms with Gasteiger partial charge in [-0.25, -0.2) is 0 Å². The molecule has 0 aliphatic heterocycles. The molecule has 1 aromatic rings. The molecule has 0 bridgehead atoms. The van der Waals surface area contributed by atoms with E-state index >= 15 is 0 Å². The van der Waals surface area contributed by atoms with Crippen molar-refractivity contribution in [3.05, 3.63) is 23.5 Å². The number of methoxy groups -OCH3 is 1. The molecular weight excluding hydrogens is 199 g/mol. The predicted molar refractivity (Wildman–Crippen MR) is 54.1 cm³/mol. The SMILES string of the molecule is CCCOc1ccc(C=O)c(OC)c1F. The molecule has 0 atom stereocenters. The van der Waals surface area contributed by atoms with Gasteiger partial charge in [0, 0.05) is 0 Å². The van der Waals surface area contributed by atoms with Crippen LogP contribution in [0, 0.1) is 5.82 Å². The first-order chi connectivity index (χ1) is 7.24. The van der Waals surface area contributed by atoms with Gasteiger partial charge in [0.2, 0.25) is 5.82 Å². The summed E-state index contributed by atoms with van der Waals surface area (Å²) in [7, 11) is 1.31. The number of halogens is 1. The molecule has 0 aliphatic carbocycles. The Labute approximate surface area is 87.8 Å². The van der Waals surface area contributed by atoms with Gasteiger partial charge in [-0.05, 0) is 18.6 Å². The molecule has 0 saturated carbocycles. The van der Waals surface area contributed by atoms with Crippen LogP contribution in [0.2, 0.25) is 0 Å². The summed E-state index contributed by atoms with van der Waals surface area (Å²) in [6, 6.07) is 2.90. The first kappa shape index (κ1) is 11.5. The van der Waals surface area contributed by atoms with Crippen LogP contribution in [0.4, 0.5) is 4.39 Å². The van der Waals surface area contributed by atoms with Gasteiger partial charge >= 0.3 is 0 Å². The third-order valence-electron chi connectivity index (χ3n) is 1.88. The first-order valence-electron chi connectivity index (χ1n) is 4.69. The fourth-order valence-corrected chi connectivity index (χ4v) is 1.18. The monoisotopic (exact) mass is 212 g/mol. The smallest absolute Gasteiger partial charge is 0.207 e. The van der Waals surface area contributed by atoms with E-state index in [9.17, 15) is 9.18 Å². The Kier molecular flexibility index (Phi) is 4.09. The van der Waals surface area contributed by atoms with E-state index in [2.05, 4.69) is 0 Å². The lowest BCUT2D eigenvalue weighted by molar-refractivity contribution is 0.111. The molecule has 0 fully saturated rings. The van der Waals surface area contributed by atoms with Gasteiger partial charge in [0.15, 0.2) is 17.8 Å². The minimum Gasteiger partial charge on any atom is -0.493 e. The molecule has 1 aromatic carbocycles. The Morgan fingerprint density at radius 1 is 1.47 bits per heavy atom. The van der Waals surface area contributed by atoms with Crippen molar-refractivity contribution in [2.75, 3.05) is 13.7 Å². The van der Waals surface area contributed by atoms with E-state index in [1.165, 1.54) is 19.2 Å². The summed E-state index contributed by atoms with van der Waals surface area (Å²) in [5.41, 5.74) is 0.179. The van der Waals surface area contributed by atoms with Crippen LogP contribution in [0.5, 0.6) is 11.5 Å². The molecule has 0 radical (unpaired) electrons. The number of carbonyl (C=O) groups is 1. The maximum Gasteiger partial charge on any atom is 0.207 e. The molecule has 0 heterocycles. The topological polar surface area (TPSA) is 35.5 Å². The Morgan fingerprint density at radius 3 is 2.73 bits per heavy atom. The average Bonchev–Trinajstić information content (AvgIpc) is 2.27. The molecule has 3 nitrogen and oxygen atoms in total. The fourth-order valence-electron chi connectivity index (χ4n) is 1.18. The number of benzene rings is 1. The Hall–Kier alpha value is -1.58. The highest BCUT2D eigenvalue weighted by atomic mass is 19.1. The molecule has 15 heavy (non-hydrogen) atoms. The van der Waals surface area contributed by atoms with Crippen molar-refractivity contribution in [2.24, 2.45) is 0 Å². The van der Waals surface area contributed by atoms with Crippen molar-refractivity contribution in [1.82, 2.24) is 0 Å². The molecule has 0 saturated heterocycles. The predicted octanol–water partition coefficient (Wildman–Crippen LogP) is 2.44. The minimum absolute atomic E-state index is 0.0707. The van der Waals surface area contributed by atoms with Crippen LogP contribution < -0.4 is 9.47 Å². The molecule has 0 aromatic heterocycles. The second-order valence-electron chi connectivity index (χ2n) is 2.97. The Bertz CT molecular complexity index is 350. The lowest BCUT2D eigenvalue weighted by atomic mass is 10.2. The minimum atomic E-state index is -0.629.